The van der Waals surface area contributed by atoms with Gasteiger partial charge in [0, 0.05) is 20.1 Å². The summed E-state index contributed by atoms with van der Waals surface area (Å²) >= 11 is 0. The molecule has 0 amide bonds. The number of aliphatic imine (C=N–C) groups is 1. The fourth-order valence-corrected chi connectivity index (χ4v) is 2.54. The third-order valence-electron chi connectivity index (χ3n) is 4.07. The van der Waals surface area contributed by atoms with E-state index < -0.39 is 6.61 Å². The summed E-state index contributed by atoms with van der Waals surface area (Å²) in [4.78, 5) is 4.12. The summed E-state index contributed by atoms with van der Waals surface area (Å²) < 4.78 is 48.1. The van der Waals surface area contributed by atoms with Crippen molar-refractivity contribution >= 4 is 5.96 Å². The molecule has 0 heterocycles. The zero-order valence-corrected chi connectivity index (χ0v) is 16.1. The van der Waals surface area contributed by atoms with Crippen molar-refractivity contribution < 1.29 is 22.6 Å². The van der Waals surface area contributed by atoms with Crippen molar-refractivity contribution in [2.45, 2.75) is 26.5 Å². The summed E-state index contributed by atoms with van der Waals surface area (Å²) in [5, 5.41) is 6.23. The van der Waals surface area contributed by atoms with Crippen LogP contribution in [0, 0.1) is 12.7 Å². The maximum absolute atomic E-state index is 13.6. The topological polar surface area (TPSA) is 54.9 Å². The van der Waals surface area contributed by atoms with E-state index in [4.69, 9.17) is 4.74 Å². The lowest BCUT2D eigenvalue weighted by Crippen LogP contribution is -2.37. The second-order valence-electron chi connectivity index (χ2n) is 6.05. The zero-order chi connectivity index (χ0) is 20.5. The number of hydrogen-bond acceptors (Lipinski definition) is 3. The first kappa shape index (κ1) is 21.4. The summed E-state index contributed by atoms with van der Waals surface area (Å²) in [6, 6.07) is 9.96. The van der Waals surface area contributed by atoms with E-state index in [1.54, 1.807) is 32.2 Å². The Balaban J connectivity index is 1.87. The van der Waals surface area contributed by atoms with Gasteiger partial charge in [0.25, 0.3) is 0 Å². The van der Waals surface area contributed by atoms with Gasteiger partial charge in [-0.2, -0.15) is 8.78 Å². The van der Waals surface area contributed by atoms with Gasteiger partial charge in [-0.05, 0) is 48.2 Å². The molecule has 0 aliphatic rings. The highest BCUT2D eigenvalue weighted by Gasteiger charge is 2.11. The number of halogens is 3. The van der Waals surface area contributed by atoms with Crippen LogP contribution in [0.1, 0.15) is 16.7 Å². The van der Waals surface area contributed by atoms with Crippen LogP contribution in [0.4, 0.5) is 13.2 Å². The number of rotatable bonds is 8. The molecule has 0 bridgehead atoms. The molecule has 0 aromatic heterocycles. The lowest BCUT2D eigenvalue weighted by Gasteiger charge is -2.14. The van der Waals surface area contributed by atoms with Crippen molar-refractivity contribution in [2.24, 2.45) is 4.99 Å². The van der Waals surface area contributed by atoms with Crippen LogP contribution in [-0.4, -0.2) is 33.3 Å². The highest BCUT2D eigenvalue weighted by molar-refractivity contribution is 5.79. The molecule has 0 aliphatic carbocycles. The van der Waals surface area contributed by atoms with Gasteiger partial charge in [0.15, 0.2) is 17.5 Å². The van der Waals surface area contributed by atoms with Gasteiger partial charge in [-0.1, -0.05) is 18.2 Å². The second-order valence-corrected chi connectivity index (χ2v) is 6.05. The zero-order valence-electron chi connectivity index (χ0n) is 16.1. The Morgan fingerprint density at radius 3 is 2.46 bits per heavy atom. The summed E-state index contributed by atoms with van der Waals surface area (Å²) in [5.74, 6) is 0.556. The van der Waals surface area contributed by atoms with Gasteiger partial charge in [0.05, 0.1) is 7.11 Å². The molecule has 152 valence electrons. The van der Waals surface area contributed by atoms with Gasteiger partial charge in [-0.3, -0.25) is 4.99 Å². The number of ether oxygens (including phenoxy) is 2. The molecule has 2 N–H and O–H groups in total. The van der Waals surface area contributed by atoms with Crippen molar-refractivity contribution in [3.05, 3.63) is 58.9 Å². The molecule has 0 radical (unpaired) electrons. The van der Waals surface area contributed by atoms with Crippen molar-refractivity contribution in [3.63, 3.8) is 0 Å². The van der Waals surface area contributed by atoms with Gasteiger partial charge >= 0.3 is 6.61 Å². The van der Waals surface area contributed by atoms with Gasteiger partial charge in [0.2, 0.25) is 0 Å². The van der Waals surface area contributed by atoms with E-state index in [9.17, 15) is 13.2 Å². The third kappa shape index (κ3) is 6.37. The maximum atomic E-state index is 13.6. The molecule has 28 heavy (non-hydrogen) atoms. The monoisotopic (exact) mass is 395 g/mol. The summed E-state index contributed by atoms with van der Waals surface area (Å²) in [6.07, 6.45) is 0.559. The normalized spacial score (nSPS) is 11.5. The van der Waals surface area contributed by atoms with Crippen molar-refractivity contribution in [2.75, 3.05) is 20.7 Å². The Morgan fingerprint density at radius 1 is 1.07 bits per heavy atom. The minimum atomic E-state index is -2.92. The van der Waals surface area contributed by atoms with E-state index in [2.05, 4.69) is 20.4 Å². The van der Waals surface area contributed by atoms with E-state index in [0.29, 0.717) is 31.0 Å². The Bertz CT molecular complexity index is 813. The molecule has 5 nitrogen and oxygen atoms in total. The molecule has 0 unspecified atom stereocenters. The first-order valence-corrected chi connectivity index (χ1v) is 8.74. The minimum absolute atomic E-state index is 0.00101. The summed E-state index contributed by atoms with van der Waals surface area (Å²) in [6.45, 7) is -0.269. The van der Waals surface area contributed by atoms with Crippen LogP contribution in [0.25, 0.3) is 0 Å². The number of alkyl halides is 2. The molecule has 0 saturated carbocycles. The number of guanidine groups is 1. The van der Waals surface area contributed by atoms with Crippen LogP contribution in [0.5, 0.6) is 11.5 Å². The van der Waals surface area contributed by atoms with Gasteiger partial charge in [-0.15, -0.1) is 0 Å². The average molecular weight is 395 g/mol. The number of hydrogen-bond donors (Lipinski definition) is 2. The quantitative estimate of drug-likeness (QED) is 0.529. The van der Waals surface area contributed by atoms with E-state index in [0.717, 1.165) is 11.1 Å². The first-order chi connectivity index (χ1) is 13.4. The number of benzene rings is 2. The van der Waals surface area contributed by atoms with E-state index in [1.807, 2.05) is 6.07 Å². The van der Waals surface area contributed by atoms with Crippen LogP contribution in [-0.2, 0) is 13.0 Å². The molecule has 2 aromatic rings. The van der Waals surface area contributed by atoms with Crippen molar-refractivity contribution in [3.8, 4) is 11.5 Å². The number of nitrogens with one attached hydrogen (secondary N) is 2. The van der Waals surface area contributed by atoms with Crippen LogP contribution in [0.3, 0.4) is 0 Å². The first-order valence-electron chi connectivity index (χ1n) is 8.74. The highest BCUT2D eigenvalue weighted by atomic mass is 19.3. The lowest BCUT2D eigenvalue weighted by atomic mass is 10.1. The Kier molecular flexibility index (Phi) is 7.98. The minimum Gasteiger partial charge on any atom is -0.493 e. The predicted molar refractivity (Wildman–Crippen MR) is 103 cm³/mol. The van der Waals surface area contributed by atoms with E-state index in [-0.39, 0.29) is 17.3 Å². The third-order valence-corrected chi connectivity index (χ3v) is 4.07. The molecular formula is C20H24F3N3O2. The Labute approximate surface area is 162 Å². The molecule has 0 fully saturated rings. The summed E-state index contributed by atoms with van der Waals surface area (Å²) in [5.41, 5.74) is 2.20. The average Bonchev–Trinajstić information content (AvgIpc) is 2.67. The smallest absolute Gasteiger partial charge is 0.387 e. The summed E-state index contributed by atoms with van der Waals surface area (Å²) in [7, 11) is 3.03. The number of nitrogens with zero attached hydrogens (tertiary/aromatic N) is 1. The molecule has 0 aliphatic heterocycles. The van der Waals surface area contributed by atoms with Gasteiger partial charge < -0.3 is 20.1 Å². The van der Waals surface area contributed by atoms with Crippen molar-refractivity contribution in [1.29, 1.82) is 0 Å². The Hall–Kier alpha value is -2.90. The standard InChI is InChI=1S/C20H24F3N3O2/c1-13-4-5-15(10-16(13)21)12-26-20(24-2)25-9-8-14-6-7-17(27-3)18(11-14)28-19(22)23/h4-7,10-11,19H,8-9,12H2,1-3H3,(H2,24,25,26). The van der Waals surface area contributed by atoms with Gasteiger partial charge in [0.1, 0.15) is 5.82 Å². The van der Waals surface area contributed by atoms with E-state index in [1.165, 1.54) is 19.2 Å². The second kappa shape index (κ2) is 10.4. The van der Waals surface area contributed by atoms with E-state index >= 15 is 0 Å². The highest BCUT2D eigenvalue weighted by Crippen LogP contribution is 2.29. The lowest BCUT2D eigenvalue weighted by molar-refractivity contribution is -0.0512. The molecule has 2 aromatic carbocycles. The molecule has 2 rings (SSSR count). The largest absolute Gasteiger partial charge is 0.493 e. The number of methoxy groups -OCH3 is 1. The number of aryl methyl sites for hydroxylation is 1. The molecular weight excluding hydrogens is 371 g/mol. The fraction of sp³-hybridized carbons (Fsp3) is 0.350. The van der Waals surface area contributed by atoms with Crippen LogP contribution < -0.4 is 20.1 Å². The molecule has 0 saturated heterocycles. The van der Waals surface area contributed by atoms with Crippen LogP contribution in [0.2, 0.25) is 0 Å². The van der Waals surface area contributed by atoms with Crippen molar-refractivity contribution in [1.82, 2.24) is 10.6 Å². The molecule has 8 heteroatoms. The molecule has 0 spiro atoms. The van der Waals surface area contributed by atoms with Crippen LogP contribution >= 0.6 is 0 Å². The Morgan fingerprint density at radius 2 is 1.82 bits per heavy atom. The van der Waals surface area contributed by atoms with Crippen LogP contribution in [0.15, 0.2) is 41.4 Å². The maximum Gasteiger partial charge on any atom is 0.387 e. The van der Waals surface area contributed by atoms with Gasteiger partial charge in [-0.25, -0.2) is 4.39 Å². The predicted octanol–water partition coefficient (Wildman–Crippen LogP) is 3.65. The SMILES string of the molecule is CN=C(NCCc1ccc(OC)c(OC(F)F)c1)NCc1ccc(C)c(F)c1. The molecule has 0 atom stereocenters. The fourth-order valence-electron chi connectivity index (χ4n) is 2.54.